The fraction of sp³-hybridized carbons (Fsp3) is 0.684. The molecule has 5 nitrogen and oxygen atoms in total. The van der Waals surface area contributed by atoms with E-state index in [4.69, 9.17) is 0 Å². The number of carbonyl (C=O) groups excluding carboxylic acids is 1. The largest absolute Gasteiger partial charge is 0.391 e. The number of aliphatic hydroxyl groups excluding tert-OH is 1. The van der Waals surface area contributed by atoms with E-state index in [2.05, 4.69) is 21.3 Å². The molecule has 0 bridgehead atoms. The van der Waals surface area contributed by atoms with Gasteiger partial charge in [0, 0.05) is 31.7 Å². The number of piperidine rings is 1. The second-order valence-corrected chi connectivity index (χ2v) is 7.31. The summed E-state index contributed by atoms with van der Waals surface area (Å²) in [4.78, 5) is 19.1. The van der Waals surface area contributed by atoms with Gasteiger partial charge in [-0.3, -0.25) is 4.79 Å². The minimum absolute atomic E-state index is 0.0578. The summed E-state index contributed by atoms with van der Waals surface area (Å²) in [6, 6.07) is 4.12. The maximum atomic E-state index is 12.3. The third-order valence-electron chi connectivity index (χ3n) is 5.51. The van der Waals surface area contributed by atoms with E-state index < -0.39 is 0 Å². The zero-order valence-corrected chi connectivity index (χ0v) is 14.6. The number of carbonyl (C=O) groups is 1. The van der Waals surface area contributed by atoms with Crippen LogP contribution in [0.5, 0.6) is 0 Å². The highest BCUT2D eigenvalue weighted by molar-refractivity contribution is 5.79. The molecule has 132 valence electrons. The Hall–Kier alpha value is -1.62. The van der Waals surface area contributed by atoms with E-state index in [-0.39, 0.29) is 17.9 Å². The monoisotopic (exact) mass is 331 g/mol. The van der Waals surface area contributed by atoms with Crippen molar-refractivity contribution in [1.29, 1.82) is 0 Å². The molecule has 1 aliphatic heterocycles. The number of pyridine rings is 1. The Labute approximate surface area is 144 Å². The van der Waals surface area contributed by atoms with Crippen molar-refractivity contribution in [2.45, 2.75) is 51.6 Å². The summed E-state index contributed by atoms with van der Waals surface area (Å²) in [7, 11) is 0. The molecular weight excluding hydrogens is 302 g/mol. The SMILES string of the molecule is Cc1ccc(N2CCC(C(=O)NCC(O)C3CCCC3)CC2)nc1. The molecule has 2 aliphatic rings. The number of amides is 1. The van der Waals surface area contributed by atoms with E-state index in [1.165, 1.54) is 12.8 Å². The van der Waals surface area contributed by atoms with Crippen molar-refractivity contribution in [2.24, 2.45) is 11.8 Å². The molecule has 1 saturated heterocycles. The van der Waals surface area contributed by atoms with Gasteiger partial charge in [0.25, 0.3) is 0 Å². The number of aryl methyl sites for hydroxylation is 1. The predicted octanol–water partition coefficient (Wildman–Crippen LogP) is 2.27. The highest BCUT2D eigenvalue weighted by Gasteiger charge is 2.27. The molecule has 0 radical (unpaired) electrons. The summed E-state index contributed by atoms with van der Waals surface area (Å²) >= 11 is 0. The summed E-state index contributed by atoms with van der Waals surface area (Å²) in [6.45, 7) is 4.16. The molecular formula is C19H29N3O2. The first-order valence-electron chi connectivity index (χ1n) is 9.27. The number of hydrogen-bond donors (Lipinski definition) is 2. The van der Waals surface area contributed by atoms with Gasteiger partial charge in [-0.1, -0.05) is 18.9 Å². The molecule has 1 aromatic rings. The minimum atomic E-state index is -0.381. The van der Waals surface area contributed by atoms with Crippen molar-refractivity contribution in [1.82, 2.24) is 10.3 Å². The van der Waals surface area contributed by atoms with Crippen LogP contribution in [0.1, 0.15) is 44.1 Å². The fourth-order valence-electron chi connectivity index (χ4n) is 3.88. The molecule has 5 heteroatoms. The van der Waals surface area contributed by atoms with Gasteiger partial charge in [-0.15, -0.1) is 0 Å². The van der Waals surface area contributed by atoms with Crippen LogP contribution in [0.3, 0.4) is 0 Å². The van der Waals surface area contributed by atoms with Crippen LogP contribution in [0.2, 0.25) is 0 Å². The molecule has 1 aromatic heterocycles. The van der Waals surface area contributed by atoms with Gasteiger partial charge in [0.1, 0.15) is 5.82 Å². The van der Waals surface area contributed by atoms with E-state index in [1.54, 1.807) is 0 Å². The molecule has 2 heterocycles. The summed E-state index contributed by atoms with van der Waals surface area (Å²) in [6.07, 6.45) is 7.81. The lowest BCUT2D eigenvalue weighted by atomic mass is 9.95. The van der Waals surface area contributed by atoms with Gasteiger partial charge in [0.2, 0.25) is 5.91 Å². The van der Waals surface area contributed by atoms with Gasteiger partial charge >= 0.3 is 0 Å². The number of nitrogens with zero attached hydrogens (tertiary/aromatic N) is 2. The number of nitrogens with one attached hydrogen (secondary N) is 1. The van der Waals surface area contributed by atoms with Crippen molar-refractivity contribution in [3.63, 3.8) is 0 Å². The smallest absolute Gasteiger partial charge is 0.223 e. The summed E-state index contributed by atoms with van der Waals surface area (Å²) in [5.74, 6) is 1.53. The number of rotatable bonds is 5. The van der Waals surface area contributed by atoms with Gasteiger partial charge in [0.05, 0.1) is 6.10 Å². The molecule has 1 atom stereocenters. The average molecular weight is 331 g/mol. The number of aliphatic hydroxyl groups is 1. The lowest BCUT2D eigenvalue weighted by Crippen LogP contribution is -2.43. The fourth-order valence-corrected chi connectivity index (χ4v) is 3.88. The minimum Gasteiger partial charge on any atom is -0.391 e. The van der Waals surface area contributed by atoms with Crippen molar-refractivity contribution < 1.29 is 9.90 Å². The van der Waals surface area contributed by atoms with Crippen LogP contribution < -0.4 is 10.2 Å². The molecule has 3 rings (SSSR count). The first-order chi connectivity index (χ1) is 11.6. The second kappa shape index (κ2) is 7.97. The Balaban J connectivity index is 1.42. The number of aromatic nitrogens is 1. The maximum absolute atomic E-state index is 12.3. The Morgan fingerprint density at radius 3 is 2.62 bits per heavy atom. The highest BCUT2D eigenvalue weighted by Crippen LogP contribution is 2.27. The van der Waals surface area contributed by atoms with E-state index in [0.29, 0.717) is 12.5 Å². The van der Waals surface area contributed by atoms with Gasteiger partial charge in [-0.05, 0) is 50.2 Å². The molecule has 2 N–H and O–H groups in total. The molecule has 24 heavy (non-hydrogen) atoms. The molecule has 0 aromatic carbocycles. The Morgan fingerprint density at radius 1 is 1.29 bits per heavy atom. The van der Waals surface area contributed by atoms with Gasteiger partial charge in [0.15, 0.2) is 0 Å². The third kappa shape index (κ3) is 4.26. The summed E-state index contributed by atoms with van der Waals surface area (Å²) in [5, 5.41) is 13.1. The first-order valence-corrected chi connectivity index (χ1v) is 9.27. The highest BCUT2D eigenvalue weighted by atomic mass is 16.3. The van der Waals surface area contributed by atoms with Gasteiger partial charge in [-0.2, -0.15) is 0 Å². The van der Waals surface area contributed by atoms with E-state index >= 15 is 0 Å². The van der Waals surface area contributed by atoms with Crippen LogP contribution >= 0.6 is 0 Å². The van der Waals surface area contributed by atoms with E-state index in [9.17, 15) is 9.90 Å². The van der Waals surface area contributed by atoms with Crippen molar-refractivity contribution >= 4 is 11.7 Å². The Bertz CT molecular complexity index is 532. The molecule has 2 fully saturated rings. The first kappa shape index (κ1) is 17.2. The molecule has 0 spiro atoms. The zero-order chi connectivity index (χ0) is 16.9. The molecule has 1 aliphatic carbocycles. The Kier molecular flexibility index (Phi) is 5.72. The maximum Gasteiger partial charge on any atom is 0.223 e. The standard InChI is InChI=1S/C19H29N3O2/c1-14-6-7-18(20-12-14)22-10-8-16(9-11-22)19(24)21-13-17(23)15-4-2-3-5-15/h6-7,12,15-17,23H,2-5,8-11,13H2,1H3,(H,21,24). The van der Waals surface area contributed by atoms with Crippen LogP contribution in [0, 0.1) is 18.8 Å². The van der Waals surface area contributed by atoms with Crippen molar-refractivity contribution in [3.05, 3.63) is 23.9 Å². The second-order valence-electron chi connectivity index (χ2n) is 7.31. The van der Waals surface area contributed by atoms with E-state index in [0.717, 1.165) is 50.2 Å². The van der Waals surface area contributed by atoms with Gasteiger partial charge in [-0.25, -0.2) is 4.98 Å². The lowest BCUT2D eigenvalue weighted by molar-refractivity contribution is -0.126. The van der Waals surface area contributed by atoms with Crippen LogP contribution in [0.4, 0.5) is 5.82 Å². The predicted molar refractivity (Wildman–Crippen MR) is 94.9 cm³/mol. The lowest BCUT2D eigenvalue weighted by Gasteiger charge is -2.32. The van der Waals surface area contributed by atoms with Crippen LogP contribution in [0.25, 0.3) is 0 Å². The van der Waals surface area contributed by atoms with Crippen LogP contribution in [-0.2, 0) is 4.79 Å². The van der Waals surface area contributed by atoms with Crippen molar-refractivity contribution in [3.8, 4) is 0 Å². The topological polar surface area (TPSA) is 65.5 Å². The number of hydrogen-bond acceptors (Lipinski definition) is 4. The zero-order valence-electron chi connectivity index (χ0n) is 14.6. The quantitative estimate of drug-likeness (QED) is 0.869. The van der Waals surface area contributed by atoms with Crippen molar-refractivity contribution in [2.75, 3.05) is 24.5 Å². The summed E-state index contributed by atoms with van der Waals surface area (Å²) < 4.78 is 0. The molecule has 1 unspecified atom stereocenters. The third-order valence-corrected chi connectivity index (χ3v) is 5.51. The summed E-state index contributed by atoms with van der Waals surface area (Å²) in [5.41, 5.74) is 1.16. The Morgan fingerprint density at radius 2 is 2.00 bits per heavy atom. The van der Waals surface area contributed by atoms with Crippen LogP contribution in [-0.4, -0.2) is 41.7 Å². The van der Waals surface area contributed by atoms with E-state index in [1.807, 2.05) is 19.2 Å². The van der Waals surface area contributed by atoms with Gasteiger partial charge < -0.3 is 15.3 Å². The molecule has 1 amide bonds. The van der Waals surface area contributed by atoms with Crippen LogP contribution in [0.15, 0.2) is 18.3 Å². The number of anilines is 1. The normalized spacial score (nSPS) is 21.0. The average Bonchev–Trinajstić information content (AvgIpc) is 3.15. The molecule has 1 saturated carbocycles.